The van der Waals surface area contributed by atoms with E-state index >= 15 is 0 Å². The van der Waals surface area contributed by atoms with Crippen molar-refractivity contribution in [2.75, 3.05) is 0 Å². The van der Waals surface area contributed by atoms with Crippen LogP contribution in [0.5, 0.6) is 0 Å². The third-order valence-corrected chi connectivity index (χ3v) is 4.17. The average molecular weight is 220 g/mol. The molecule has 2 N–H and O–H groups in total. The quantitative estimate of drug-likeness (QED) is 0.804. The van der Waals surface area contributed by atoms with Crippen molar-refractivity contribution in [1.29, 1.82) is 0 Å². The number of nitrogens with two attached hydrogens (primary N) is 1. The molecule has 4 nitrogen and oxygen atoms in total. The van der Waals surface area contributed by atoms with Crippen LogP contribution in [0.25, 0.3) is 0 Å². The molecule has 88 valence electrons. The molecule has 3 rings (SSSR count). The van der Waals surface area contributed by atoms with E-state index in [1.54, 1.807) is 0 Å². The molecule has 0 spiro atoms. The predicted octanol–water partition coefficient (Wildman–Crippen LogP) is 0.874. The Hall–Kier alpha value is -0.870. The molecule has 2 fully saturated rings. The van der Waals surface area contributed by atoms with E-state index < -0.39 is 0 Å². The first-order valence-electron chi connectivity index (χ1n) is 6.21. The van der Waals surface area contributed by atoms with Gasteiger partial charge in [-0.25, -0.2) is 4.98 Å². The molecule has 2 aliphatic rings. The normalized spacial score (nSPS) is 34.5. The SMILES string of the molecule is Cn1ccnc1CN1C2CCC1CC(N)C2. The second-order valence-corrected chi connectivity index (χ2v) is 5.24. The molecule has 0 radical (unpaired) electrons. The minimum Gasteiger partial charge on any atom is -0.337 e. The summed E-state index contributed by atoms with van der Waals surface area (Å²) in [4.78, 5) is 7.03. The molecule has 2 unspecified atom stereocenters. The number of imidazole rings is 1. The molecule has 1 aromatic heterocycles. The van der Waals surface area contributed by atoms with E-state index in [0.717, 1.165) is 6.54 Å². The van der Waals surface area contributed by atoms with Gasteiger partial charge in [0.2, 0.25) is 0 Å². The smallest absolute Gasteiger partial charge is 0.122 e. The van der Waals surface area contributed by atoms with Gasteiger partial charge in [0, 0.05) is 37.6 Å². The average Bonchev–Trinajstić information content (AvgIpc) is 2.73. The third kappa shape index (κ3) is 1.66. The summed E-state index contributed by atoms with van der Waals surface area (Å²) in [5.74, 6) is 1.17. The largest absolute Gasteiger partial charge is 0.337 e. The van der Waals surface area contributed by atoms with Gasteiger partial charge in [-0.1, -0.05) is 0 Å². The molecule has 4 heteroatoms. The molecule has 3 heterocycles. The fraction of sp³-hybridized carbons (Fsp3) is 0.750. The minimum atomic E-state index is 0.426. The second kappa shape index (κ2) is 3.86. The van der Waals surface area contributed by atoms with Crippen LogP contribution in [0, 0.1) is 0 Å². The van der Waals surface area contributed by atoms with Gasteiger partial charge in [0.15, 0.2) is 0 Å². The molecule has 0 aliphatic carbocycles. The Morgan fingerprint density at radius 2 is 2.06 bits per heavy atom. The van der Waals surface area contributed by atoms with Gasteiger partial charge in [-0.2, -0.15) is 0 Å². The number of piperidine rings is 1. The first-order valence-corrected chi connectivity index (χ1v) is 6.21. The topological polar surface area (TPSA) is 47.1 Å². The van der Waals surface area contributed by atoms with Crippen LogP contribution in [-0.2, 0) is 13.6 Å². The Labute approximate surface area is 96.4 Å². The lowest BCUT2D eigenvalue weighted by Crippen LogP contribution is -2.47. The molecule has 0 saturated carbocycles. The summed E-state index contributed by atoms with van der Waals surface area (Å²) in [7, 11) is 2.07. The van der Waals surface area contributed by atoms with Crippen molar-refractivity contribution in [1.82, 2.24) is 14.5 Å². The van der Waals surface area contributed by atoms with Gasteiger partial charge in [0.25, 0.3) is 0 Å². The van der Waals surface area contributed by atoms with Crippen molar-refractivity contribution in [3.8, 4) is 0 Å². The Morgan fingerprint density at radius 3 is 2.62 bits per heavy atom. The summed E-state index contributed by atoms with van der Waals surface area (Å²) in [6.45, 7) is 0.992. The summed E-state index contributed by atoms with van der Waals surface area (Å²) < 4.78 is 2.12. The zero-order valence-corrected chi connectivity index (χ0v) is 9.84. The molecule has 1 aromatic rings. The van der Waals surface area contributed by atoms with Gasteiger partial charge in [0.1, 0.15) is 5.82 Å². The number of hydrogen-bond donors (Lipinski definition) is 1. The monoisotopic (exact) mass is 220 g/mol. The maximum absolute atomic E-state index is 6.07. The number of aryl methyl sites for hydroxylation is 1. The van der Waals surface area contributed by atoms with Crippen LogP contribution in [-0.4, -0.2) is 32.6 Å². The number of nitrogens with zero attached hydrogens (tertiary/aromatic N) is 3. The zero-order valence-electron chi connectivity index (χ0n) is 9.84. The standard InChI is InChI=1S/C12H20N4/c1-15-5-4-14-12(15)8-16-10-2-3-11(16)7-9(13)6-10/h4-5,9-11H,2-3,6-8,13H2,1H3. The van der Waals surface area contributed by atoms with E-state index in [9.17, 15) is 0 Å². The van der Waals surface area contributed by atoms with Crippen molar-refractivity contribution in [2.24, 2.45) is 12.8 Å². The van der Waals surface area contributed by atoms with E-state index in [1.165, 1.54) is 31.5 Å². The molecule has 2 saturated heterocycles. The Balaban J connectivity index is 1.75. The fourth-order valence-electron chi connectivity index (χ4n) is 3.29. The Morgan fingerprint density at radius 1 is 1.38 bits per heavy atom. The van der Waals surface area contributed by atoms with Gasteiger partial charge >= 0.3 is 0 Å². The lowest BCUT2D eigenvalue weighted by molar-refractivity contribution is 0.115. The minimum absolute atomic E-state index is 0.426. The first-order chi connectivity index (χ1) is 7.74. The van der Waals surface area contributed by atoms with Gasteiger partial charge < -0.3 is 10.3 Å². The maximum atomic E-state index is 6.07. The molecule has 2 bridgehead atoms. The van der Waals surface area contributed by atoms with Gasteiger partial charge in [0.05, 0.1) is 6.54 Å². The van der Waals surface area contributed by atoms with E-state index in [0.29, 0.717) is 18.1 Å². The predicted molar refractivity (Wildman–Crippen MR) is 62.8 cm³/mol. The van der Waals surface area contributed by atoms with Crippen LogP contribution in [0.4, 0.5) is 0 Å². The van der Waals surface area contributed by atoms with E-state index in [2.05, 4.69) is 21.5 Å². The van der Waals surface area contributed by atoms with Crippen molar-refractivity contribution in [3.63, 3.8) is 0 Å². The molecule has 16 heavy (non-hydrogen) atoms. The van der Waals surface area contributed by atoms with Crippen LogP contribution < -0.4 is 5.73 Å². The van der Waals surface area contributed by atoms with Crippen molar-refractivity contribution < 1.29 is 0 Å². The summed E-state index contributed by atoms with van der Waals surface area (Å²) in [5.41, 5.74) is 6.07. The van der Waals surface area contributed by atoms with Gasteiger partial charge in [-0.15, -0.1) is 0 Å². The van der Waals surface area contributed by atoms with Crippen molar-refractivity contribution in [2.45, 2.75) is 50.4 Å². The highest BCUT2D eigenvalue weighted by Crippen LogP contribution is 2.35. The van der Waals surface area contributed by atoms with E-state index in [1.807, 2.05) is 12.4 Å². The van der Waals surface area contributed by atoms with Crippen molar-refractivity contribution in [3.05, 3.63) is 18.2 Å². The second-order valence-electron chi connectivity index (χ2n) is 5.24. The summed E-state index contributed by atoms with van der Waals surface area (Å²) in [5, 5.41) is 0. The lowest BCUT2D eigenvalue weighted by Gasteiger charge is -2.37. The highest BCUT2D eigenvalue weighted by molar-refractivity contribution is 5.00. The zero-order chi connectivity index (χ0) is 11.1. The van der Waals surface area contributed by atoms with Crippen LogP contribution in [0.3, 0.4) is 0 Å². The summed E-state index contributed by atoms with van der Waals surface area (Å²) in [6, 6.07) is 1.83. The molecule has 0 amide bonds. The third-order valence-electron chi connectivity index (χ3n) is 4.17. The number of hydrogen-bond acceptors (Lipinski definition) is 3. The highest BCUT2D eigenvalue weighted by atomic mass is 15.2. The Kier molecular flexibility index (Phi) is 2.48. The molecular weight excluding hydrogens is 200 g/mol. The lowest BCUT2D eigenvalue weighted by atomic mass is 9.98. The molecular formula is C12H20N4. The van der Waals surface area contributed by atoms with Crippen molar-refractivity contribution >= 4 is 0 Å². The first kappa shape index (κ1) is 10.3. The fourth-order valence-corrected chi connectivity index (χ4v) is 3.29. The summed E-state index contributed by atoms with van der Waals surface area (Å²) >= 11 is 0. The van der Waals surface area contributed by atoms with Crippen LogP contribution in [0.2, 0.25) is 0 Å². The maximum Gasteiger partial charge on any atom is 0.122 e. The molecule has 2 atom stereocenters. The number of aromatic nitrogens is 2. The Bertz CT molecular complexity index is 359. The van der Waals surface area contributed by atoms with Gasteiger partial charge in [-0.05, 0) is 25.7 Å². The van der Waals surface area contributed by atoms with Crippen LogP contribution in [0.1, 0.15) is 31.5 Å². The van der Waals surface area contributed by atoms with Gasteiger partial charge in [-0.3, -0.25) is 4.90 Å². The van der Waals surface area contributed by atoms with Crippen LogP contribution >= 0.6 is 0 Å². The number of rotatable bonds is 2. The van der Waals surface area contributed by atoms with E-state index in [4.69, 9.17) is 5.73 Å². The highest BCUT2D eigenvalue weighted by Gasteiger charge is 2.39. The molecule has 0 aromatic carbocycles. The number of fused-ring (bicyclic) bond motifs is 2. The molecule has 2 aliphatic heterocycles. The van der Waals surface area contributed by atoms with Crippen LogP contribution in [0.15, 0.2) is 12.4 Å². The van der Waals surface area contributed by atoms with E-state index in [-0.39, 0.29) is 0 Å². The summed E-state index contributed by atoms with van der Waals surface area (Å²) in [6.07, 6.45) is 8.88.